The van der Waals surface area contributed by atoms with Crippen LogP contribution < -0.4 is 9.04 Å². The van der Waals surface area contributed by atoms with Crippen molar-refractivity contribution in [2.45, 2.75) is 25.3 Å². The van der Waals surface area contributed by atoms with Gasteiger partial charge in [0.25, 0.3) is 10.0 Å². The molecule has 3 aromatic rings. The van der Waals surface area contributed by atoms with E-state index >= 15 is 0 Å². The molecule has 3 aromatic carbocycles. The van der Waals surface area contributed by atoms with Crippen LogP contribution in [0.2, 0.25) is 10.0 Å². The molecule has 0 saturated heterocycles. The van der Waals surface area contributed by atoms with Crippen LogP contribution in [0.4, 0.5) is 5.69 Å². The van der Waals surface area contributed by atoms with Gasteiger partial charge in [-0.25, -0.2) is 8.42 Å². The Bertz CT molecular complexity index is 1100. The van der Waals surface area contributed by atoms with E-state index in [9.17, 15) is 8.42 Å². The fourth-order valence-electron chi connectivity index (χ4n) is 2.95. The number of halogens is 2. The number of ether oxygens (including phenoxy) is 1. The number of sulfonamides is 1. The van der Waals surface area contributed by atoms with Gasteiger partial charge in [-0.05, 0) is 55.8 Å². The highest BCUT2D eigenvalue weighted by Gasteiger charge is 2.24. The van der Waals surface area contributed by atoms with Crippen LogP contribution in [-0.4, -0.2) is 15.0 Å². The maximum absolute atomic E-state index is 13.1. The van der Waals surface area contributed by atoms with Gasteiger partial charge in [-0.15, -0.1) is 0 Å². The summed E-state index contributed by atoms with van der Waals surface area (Å²) in [6, 6.07) is 19.1. The van der Waals surface area contributed by atoms with Crippen molar-refractivity contribution < 1.29 is 13.2 Å². The van der Waals surface area contributed by atoms with Crippen molar-refractivity contribution in [3.05, 3.63) is 87.9 Å². The molecular formula is C22H21Cl2NO3S. The normalized spacial score (nSPS) is 11.3. The van der Waals surface area contributed by atoms with Gasteiger partial charge >= 0.3 is 0 Å². The maximum Gasteiger partial charge on any atom is 0.264 e. The third kappa shape index (κ3) is 4.86. The molecule has 3 rings (SSSR count). The molecule has 0 aliphatic carbocycles. The van der Waals surface area contributed by atoms with Crippen LogP contribution in [0.5, 0.6) is 5.75 Å². The summed E-state index contributed by atoms with van der Waals surface area (Å²) in [6.07, 6.45) is 0. The smallest absolute Gasteiger partial charge is 0.264 e. The Morgan fingerprint density at radius 1 is 0.931 bits per heavy atom. The summed E-state index contributed by atoms with van der Waals surface area (Å²) in [6.45, 7) is 4.13. The highest BCUT2D eigenvalue weighted by Crippen LogP contribution is 2.29. The van der Waals surface area contributed by atoms with Gasteiger partial charge in [-0.3, -0.25) is 4.31 Å². The van der Waals surface area contributed by atoms with Gasteiger partial charge in [0.1, 0.15) is 12.4 Å². The second-order valence-corrected chi connectivity index (χ2v) is 9.15. The molecule has 4 nitrogen and oxygen atoms in total. The molecule has 0 radical (unpaired) electrons. The van der Waals surface area contributed by atoms with Gasteiger partial charge in [-0.1, -0.05) is 47.5 Å². The van der Waals surface area contributed by atoms with Gasteiger partial charge < -0.3 is 4.74 Å². The van der Waals surface area contributed by atoms with Crippen molar-refractivity contribution in [1.82, 2.24) is 0 Å². The first-order valence-corrected chi connectivity index (χ1v) is 11.3. The first-order chi connectivity index (χ1) is 13.8. The molecular weight excluding hydrogens is 429 g/mol. The number of hydrogen-bond donors (Lipinski definition) is 0. The number of hydrogen-bond acceptors (Lipinski definition) is 3. The molecule has 0 bridgehead atoms. The minimum Gasteiger partial charge on any atom is -0.489 e. The second-order valence-electron chi connectivity index (χ2n) is 6.47. The number of benzene rings is 3. The molecule has 0 fully saturated rings. The Balaban J connectivity index is 1.87. The molecule has 0 N–H and O–H groups in total. The third-order valence-electron chi connectivity index (χ3n) is 4.42. The zero-order valence-electron chi connectivity index (χ0n) is 16.1. The number of aryl methyl sites for hydroxylation is 1. The van der Waals surface area contributed by atoms with Gasteiger partial charge in [-0.2, -0.15) is 0 Å². The van der Waals surface area contributed by atoms with E-state index in [0.717, 1.165) is 5.56 Å². The largest absolute Gasteiger partial charge is 0.489 e. The molecule has 0 amide bonds. The lowest BCUT2D eigenvalue weighted by Crippen LogP contribution is -2.30. The van der Waals surface area contributed by atoms with Crippen molar-refractivity contribution in [3.63, 3.8) is 0 Å². The van der Waals surface area contributed by atoms with E-state index in [-0.39, 0.29) is 18.0 Å². The zero-order valence-corrected chi connectivity index (χ0v) is 18.4. The maximum atomic E-state index is 13.1. The van der Waals surface area contributed by atoms with Crippen molar-refractivity contribution >= 4 is 38.9 Å². The Hall–Kier alpha value is -2.21. The van der Waals surface area contributed by atoms with E-state index in [1.165, 1.54) is 4.31 Å². The summed E-state index contributed by atoms with van der Waals surface area (Å²) in [5, 5.41) is 1.04. The Kier molecular flexibility index (Phi) is 6.73. The highest BCUT2D eigenvalue weighted by atomic mass is 35.5. The fourth-order valence-corrected chi connectivity index (χ4v) is 5.03. The molecule has 0 heterocycles. The van der Waals surface area contributed by atoms with Crippen LogP contribution in [0.15, 0.2) is 71.6 Å². The van der Waals surface area contributed by atoms with Crippen LogP contribution in [0.25, 0.3) is 0 Å². The Labute approximate surface area is 181 Å². The number of rotatable bonds is 7. The Morgan fingerprint density at radius 3 is 2.24 bits per heavy atom. The molecule has 0 atom stereocenters. The van der Waals surface area contributed by atoms with Crippen molar-refractivity contribution in [1.29, 1.82) is 0 Å². The predicted octanol–water partition coefficient (Wildman–Crippen LogP) is 6.10. The van der Waals surface area contributed by atoms with Crippen LogP contribution >= 0.6 is 23.2 Å². The molecule has 0 aliphatic rings. The van der Waals surface area contributed by atoms with E-state index in [4.69, 9.17) is 27.9 Å². The van der Waals surface area contributed by atoms with Crippen LogP contribution in [-0.2, 0) is 16.6 Å². The zero-order chi connectivity index (χ0) is 21.0. The average Bonchev–Trinajstić information content (AvgIpc) is 2.68. The monoisotopic (exact) mass is 449 g/mol. The second kappa shape index (κ2) is 9.08. The molecule has 0 saturated carbocycles. The predicted molar refractivity (Wildman–Crippen MR) is 119 cm³/mol. The molecule has 0 spiro atoms. The summed E-state index contributed by atoms with van der Waals surface area (Å²) in [4.78, 5) is 0.258. The first-order valence-electron chi connectivity index (χ1n) is 9.08. The molecule has 0 aliphatic heterocycles. The lowest BCUT2D eigenvalue weighted by molar-refractivity contribution is 0.306. The molecule has 7 heteroatoms. The highest BCUT2D eigenvalue weighted by molar-refractivity contribution is 7.92. The Morgan fingerprint density at radius 2 is 1.59 bits per heavy atom. The summed E-state index contributed by atoms with van der Waals surface area (Å²) in [7, 11) is -3.69. The van der Waals surface area contributed by atoms with Gasteiger partial charge in [0.05, 0.1) is 10.6 Å². The average molecular weight is 450 g/mol. The fraction of sp³-hybridized carbons (Fsp3) is 0.182. The van der Waals surface area contributed by atoms with Gasteiger partial charge in [0.2, 0.25) is 0 Å². The van der Waals surface area contributed by atoms with E-state index in [1.54, 1.807) is 67.6 Å². The van der Waals surface area contributed by atoms with Crippen LogP contribution in [0.3, 0.4) is 0 Å². The minimum absolute atomic E-state index is 0.179. The molecule has 152 valence electrons. The van der Waals surface area contributed by atoms with Crippen molar-refractivity contribution in [3.8, 4) is 5.75 Å². The lowest BCUT2D eigenvalue weighted by atomic mass is 10.2. The van der Waals surface area contributed by atoms with Crippen LogP contribution in [0, 0.1) is 6.92 Å². The summed E-state index contributed by atoms with van der Waals surface area (Å²) >= 11 is 12.4. The van der Waals surface area contributed by atoms with Crippen molar-refractivity contribution in [2.75, 3.05) is 10.8 Å². The van der Waals surface area contributed by atoms with Crippen LogP contribution in [0.1, 0.15) is 18.1 Å². The summed E-state index contributed by atoms with van der Waals surface area (Å²) in [5.41, 5.74) is 2.09. The minimum atomic E-state index is -3.69. The number of nitrogens with zero attached hydrogens (tertiary/aromatic N) is 1. The quantitative estimate of drug-likeness (QED) is 0.437. The van der Waals surface area contributed by atoms with Crippen molar-refractivity contribution in [2.24, 2.45) is 0 Å². The standard InChI is InChI=1S/C22H21Cl2NO3S/c1-3-25(29(26,27)19-10-4-7-16(2)13-19)17-8-5-9-18(14-17)28-15-20-21(23)11-6-12-22(20)24/h4-14H,3,15H2,1-2H3. The summed E-state index contributed by atoms with van der Waals surface area (Å²) < 4.78 is 33.5. The lowest BCUT2D eigenvalue weighted by Gasteiger charge is -2.23. The SMILES string of the molecule is CCN(c1cccc(OCc2c(Cl)cccc2Cl)c1)S(=O)(=O)c1cccc(C)c1. The molecule has 29 heavy (non-hydrogen) atoms. The first kappa shape index (κ1) is 21.5. The van der Waals surface area contributed by atoms with E-state index in [0.29, 0.717) is 27.0 Å². The summed E-state index contributed by atoms with van der Waals surface area (Å²) in [5.74, 6) is 0.524. The van der Waals surface area contributed by atoms with E-state index < -0.39 is 10.0 Å². The van der Waals surface area contributed by atoms with E-state index in [1.807, 2.05) is 13.0 Å². The van der Waals surface area contributed by atoms with Gasteiger partial charge in [0, 0.05) is 28.2 Å². The topological polar surface area (TPSA) is 46.6 Å². The van der Waals surface area contributed by atoms with Gasteiger partial charge in [0.15, 0.2) is 0 Å². The van der Waals surface area contributed by atoms with E-state index in [2.05, 4.69) is 0 Å². The molecule has 0 aromatic heterocycles. The number of anilines is 1. The molecule has 0 unspecified atom stereocenters. The third-order valence-corrected chi connectivity index (χ3v) is 7.02.